The van der Waals surface area contributed by atoms with Crippen molar-refractivity contribution < 1.29 is 25.1 Å². The molecule has 166 valence electrons. The van der Waals surface area contributed by atoms with Gasteiger partial charge in [0.25, 0.3) is 0 Å². The highest BCUT2D eigenvalue weighted by Gasteiger charge is 2.29. The van der Waals surface area contributed by atoms with Gasteiger partial charge in [0.15, 0.2) is 23.1 Å². The van der Waals surface area contributed by atoms with Crippen LogP contribution in [0.5, 0.6) is 23.0 Å². The number of aryl methyl sites for hydroxylation is 1. The van der Waals surface area contributed by atoms with Crippen LogP contribution in [0, 0.1) is 0 Å². The van der Waals surface area contributed by atoms with Crippen molar-refractivity contribution >= 4 is 5.90 Å². The number of rotatable bonds is 6. The molecule has 31 heavy (non-hydrogen) atoms. The van der Waals surface area contributed by atoms with Gasteiger partial charge in [0, 0.05) is 12.5 Å². The van der Waals surface area contributed by atoms with E-state index in [1.165, 1.54) is 14.2 Å². The summed E-state index contributed by atoms with van der Waals surface area (Å²) in [4.78, 5) is 17.6. The van der Waals surface area contributed by atoms with Gasteiger partial charge in [-0.1, -0.05) is 6.07 Å². The van der Waals surface area contributed by atoms with E-state index in [4.69, 9.17) is 30.0 Å². The van der Waals surface area contributed by atoms with E-state index in [1.807, 2.05) is 26.0 Å². The summed E-state index contributed by atoms with van der Waals surface area (Å²) >= 11 is 0. The molecule has 1 aliphatic rings. The van der Waals surface area contributed by atoms with Crippen molar-refractivity contribution in [2.24, 2.45) is 4.99 Å². The fourth-order valence-corrected chi connectivity index (χ4v) is 4.00. The third kappa shape index (κ3) is 4.31. The Morgan fingerprint density at radius 3 is 2.52 bits per heavy atom. The molecule has 0 aliphatic heterocycles. The summed E-state index contributed by atoms with van der Waals surface area (Å²) in [5, 5.41) is 0. The molecule has 0 amide bonds. The highest BCUT2D eigenvalue weighted by molar-refractivity contribution is 5.83. The third-order valence-corrected chi connectivity index (χ3v) is 5.32. The zero-order valence-corrected chi connectivity index (χ0v) is 18.6. The first-order valence-electron chi connectivity index (χ1n) is 10.8. The van der Waals surface area contributed by atoms with Crippen LogP contribution < -0.4 is 24.4 Å². The monoisotopic (exact) mass is 429 g/mol. The van der Waals surface area contributed by atoms with Gasteiger partial charge in [-0.25, -0.2) is 4.99 Å². The lowest BCUT2D eigenvalue weighted by atomic mass is 9.95. The molecule has 3 rings (SSSR count). The predicted molar refractivity (Wildman–Crippen MR) is 120 cm³/mol. The third-order valence-electron chi connectivity index (χ3n) is 5.32. The number of nitrogens with zero attached hydrogens (tertiary/aromatic N) is 1. The lowest BCUT2D eigenvalue weighted by Gasteiger charge is -2.19. The SMILES string of the molecule is [3H]COc1cc2c(c(OC)c1OC)-c1ccc(OC)c(=O)cc1[C@@H](N=C(C)OCC)CC2. The highest BCUT2D eigenvalue weighted by Crippen LogP contribution is 2.50. The molecule has 0 spiro atoms. The van der Waals surface area contributed by atoms with E-state index in [0.717, 1.165) is 22.3 Å². The Morgan fingerprint density at radius 1 is 1.10 bits per heavy atom. The zero-order valence-electron chi connectivity index (χ0n) is 19.6. The van der Waals surface area contributed by atoms with E-state index in [9.17, 15) is 4.79 Å². The van der Waals surface area contributed by atoms with Crippen LogP contribution in [0.3, 0.4) is 0 Å². The lowest BCUT2D eigenvalue weighted by Crippen LogP contribution is -2.07. The van der Waals surface area contributed by atoms with Crippen LogP contribution in [0.15, 0.2) is 34.1 Å². The molecule has 7 heteroatoms. The van der Waals surface area contributed by atoms with Gasteiger partial charge in [0.05, 0.1) is 42.4 Å². The van der Waals surface area contributed by atoms with Crippen molar-refractivity contribution in [2.75, 3.05) is 35.0 Å². The van der Waals surface area contributed by atoms with Crippen LogP contribution in [0.1, 0.15) is 38.8 Å². The molecule has 2 aromatic carbocycles. The van der Waals surface area contributed by atoms with Gasteiger partial charge in [-0.05, 0) is 54.7 Å². The van der Waals surface area contributed by atoms with Crippen molar-refractivity contribution in [2.45, 2.75) is 32.7 Å². The molecule has 0 fully saturated rings. The fraction of sp³-hybridized carbons (Fsp3) is 0.417. The summed E-state index contributed by atoms with van der Waals surface area (Å²) in [7, 11) is 4.31. The van der Waals surface area contributed by atoms with E-state index in [1.54, 1.807) is 19.2 Å². The van der Waals surface area contributed by atoms with Crippen LogP contribution in [-0.4, -0.2) is 40.9 Å². The minimum atomic E-state index is -0.301. The average Bonchev–Trinajstić information content (AvgIpc) is 3.02. The van der Waals surface area contributed by atoms with Gasteiger partial charge in [0.2, 0.25) is 11.2 Å². The Morgan fingerprint density at radius 2 is 1.87 bits per heavy atom. The van der Waals surface area contributed by atoms with E-state index < -0.39 is 0 Å². The molecule has 1 atom stereocenters. The predicted octanol–water partition coefficient (Wildman–Crippen LogP) is 4.19. The molecular weight excluding hydrogens is 398 g/mol. The second-order valence-corrected chi connectivity index (χ2v) is 7.03. The van der Waals surface area contributed by atoms with Crippen LogP contribution in [0.2, 0.25) is 0 Å². The van der Waals surface area contributed by atoms with Crippen LogP contribution in [-0.2, 0) is 11.2 Å². The lowest BCUT2D eigenvalue weighted by molar-refractivity contribution is 0.320. The average molecular weight is 430 g/mol. The Balaban J connectivity index is 2.38. The molecule has 0 aromatic heterocycles. The maximum absolute atomic E-state index is 12.8. The fourth-order valence-electron chi connectivity index (χ4n) is 4.00. The Bertz CT molecular complexity index is 1070. The molecule has 7 nitrogen and oxygen atoms in total. The molecule has 0 saturated carbocycles. The maximum atomic E-state index is 12.8. The molecule has 1 aliphatic carbocycles. The number of hydrogen-bond acceptors (Lipinski definition) is 7. The summed E-state index contributed by atoms with van der Waals surface area (Å²) in [6.45, 7) is 4.23. The van der Waals surface area contributed by atoms with Crippen molar-refractivity contribution in [3.63, 3.8) is 0 Å². The minimum absolute atomic E-state index is 0.230. The van der Waals surface area contributed by atoms with Crippen LogP contribution >= 0.6 is 0 Å². The zero-order chi connectivity index (χ0) is 23.3. The number of benzene rings is 1. The van der Waals surface area contributed by atoms with Crippen LogP contribution in [0.4, 0.5) is 0 Å². The Labute approximate surface area is 184 Å². The molecule has 0 bridgehead atoms. The molecule has 0 heterocycles. The second kappa shape index (κ2) is 9.73. The van der Waals surface area contributed by atoms with Crippen LogP contribution in [0.25, 0.3) is 11.1 Å². The molecule has 0 saturated heterocycles. The first-order chi connectivity index (χ1) is 15.5. The van der Waals surface area contributed by atoms with Gasteiger partial charge < -0.3 is 23.7 Å². The molecule has 0 N–H and O–H groups in total. The Hall–Kier alpha value is -3.22. The maximum Gasteiger partial charge on any atom is 0.220 e. The summed E-state index contributed by atoms with van der Waals surface area (Å²) in [6.07, 6.45) is 1.30. The summed E-state index contributed by atoms with van der Waals surface area (Å²) < 4.78 is 35.2. The number of ether oxygens (including phenoxy) is 5. The largest absolute Gasteiger partial charge is 0.493 e. The molecule has 2 aromatic rings. The van der Waals surface area contributed by atoms with Gasteiger partial charge in [-0.2, -0.15) is 0 Å². The van der Waals surface area contributed by atoms with Gasteiger partial charge in [-0.15, -0.1) is 0 Å². The highest BCUT2D eigenvalue weighted by atomic mass is 16.5. The van der Waals surface area contributed by atoms with Crippen molar-refractivity contribution in [3.8, 4) is 34.1 Å². The molecular formula is C24H29NO6. The number of hydrogen-bond donors (Lipinski definition) is 0. The van der Waals surface area contributed by atoms with Gasteiger partial charge in [0.1, 0.15) is 0 Å². The van der Waals surface area contributed by atoms with E-state index in [0.29, 0.717) is 42.6 Å². The van der Waals surface area contributed by atoms with E-state index >= 15 is 0 Å². The Kier molecular flexibility index (Phi) is 6.60. The first kappa shape index (κ1) is 21.0. The van der Waals surface area contributed by atoms with Crippen molar-refractivity contribution in [1.29, 1.82) is 0 Å². The molecule has 0 unspecified atom stereocenters. The van der Waals surface area contributed by atoms with Crippen molar-refractivity contribution in [1.82, 2.24) is 0 Å². The number of fused-ring (bicyclic) bond motifs is 3. The standard InChI is InChI=1S/C24H29NO6/c1-7-31-14(2)25-18-10-8-15-12-21(28-4)23(29-5)24(30-6)22(15)16-9-11-20(27-3)19(26)13-17(16)18/h9,11-13,18H,7-8,10H2,1-6H3/t18-/m0/s1/i4T. The second-order valence-electron chi connectivity index (χ2n) is 7.03. The summed E-state index contributed by atoms with van der Waals surface area (Å²) in [6, 6.07) is 6.66. The summed E-state index contributed by atoms with van der Waals surface area (Å²) in [5.41, 5.74) is 3.08. The van der Waals surface area contributed by atoms with E-state index in [-0.39, 0.29) is 24.3 Å². The molecule has 0 radical (unpaired) electrons. The van der Waals surface area contributed by atoms with E-state index in [2.05, 4.69) is 0 Å². The minimum Gasteiger partial charge on any atom is -0.493 e. The normalized spacial score (nSPS) is 15.7. The summed E-state index contributed by atoms with van der Waals surface area (Å²) in [5.74, 6) is 2.12. The quantitative estimate of drug-likeness (QED) is 0.506. The topological polar surface area (TPSA) is 75.6 Å². The number of methoxy groups -OCH3 is 4. The van der Waals surface area contributed by atoms with Gasteiger partial charge in [-0.3, -0.25) is 4.79 Å². The van der Waals surface area contributed by atoms with Crippen molar-refractivity contribution in [3.05, 3.63) is 45.6 Å². The number of aliphatic imine (C=N–C) groups is 1. The smallest absolute Gasteiger partial charge is 0.220 e. The van der Waals surface area contributed by atoms with Gasteiger partial charge >= 0.3 is 0 Å². The first-order valence-corrected chi connectivity index (χ1v) is 10.1.